The first-order chi connectivity index (χ1) is 41.9. The van der Waals surface area contributed by atoms with Crippen molar-refractivity contribution in [3.63, 3.8) is 0 Å². The van der Waals surface area contributed by atoms with Crippen LogP contribution in [0.15, 0.2) is 0 Å². The van der Waals surface area contributed by atoms with E-state index < -0.39 is 97.5 Å². The van der Waals surface area contributed by atoms with E-state index in [1.165, 1.54) is 161 Å². The standard InChI is InChI=1S/C68H132O17P2/c1-7-9-11-13-15-17-26-32-38-44-50-65(70)78-56-63(84-67(72)52-46-40-34-27-18-16-14-12-10-8-2)58-82-86(74,75)80-54-62(69)55-81-87(76,77)83-59-64(57-79-66(71)51-45-39-33-29-23-25-31-37-43-49-61(5)6)85-68(73)53-47-41-35-28-22-20-19-21-24-30-36-42-48-60(3)4/h60-64,69H,7-59H2,1-6H3,(H,74,75)(H,76,77)/t62-,63+,64+/m0/s1. The van der Waals surface area contributed by atoms with Gasteiger partial charge in [0.15, 0.2) is 12.2 Å². The van der Waals surface area contributed by atoms with Crippen molar-refractivity contribution in [2.75, 3.05) is 39.6 Å². The summed E-state index contributed by atoms with van der Waals surface area (Å²) < 4.78 is 68.2. The predicted octanol–water partition coefficient (Wildman–Crippen LogP) is 19.2. The van der Waals surface area contributed by atoms with Crippen molar-refractivity contribution in [3.8, 4) is 0 Å². The van der Waals surface area contributed by atoms with E-state index in [2.05, 4.69) is 41.5 Å². The fourth-order valence-corrected chi connectivity index (χ4v) is 11.8. The Morgan fingerprint density at radius 3 is 0.782 bits per heavy atom. The second-order valence-electron chi connectivity index (χ2n) is 25.5. The molecule has 0 aromatic heterocycles. The minimum atomic E-state index is -4.95. The van der Waals surface area contributed by atoms with Gasteiger partial charge in [-0.2, -0.15) is 0 Å². The topological polar surface area (TPSA) is 237 Å². The van der Waals surface area contributed by atoms with Crippen LogP contribution in [0.3, 0.4) is 0 Å². The first-order valence-corrected chi connectivity index (χ1v) is 38.5. The third kappa shape index (κ3) is 62.6. The van der Waals surface area contributed by atoms with Crippen molar-refractivity contribution in [1.82, 2.24) is 0 Å². The number of ether oxygens (including phenoxy) is 4. The number of unbranched alkanes of at least 4 members (excludes halogenated alkanes) is 37. The van der Waals surface area contributed by atoms with Crippen LogP contribution in [0.4, 0.5) is 0 Å². The zero-order chi connectivity index (χ0) is 64.3. The maximum atomic E-state index is 13.0. The summed E-state index contributed by atoms with van der Waals surface area (Å²) >= 11 is 0. The normalized spacial score (nSPS) is 14.2. The number of hydrogen-bond acceptors (Lipinski definition) is 15. The Hall–Kier alpha value is -1.94. The SMILES string of the molecule is CCCCCCCCCCCCC(=O)OC[C@H](COP(=O)(O)OC[C@H](O)COP(=O)(O)OC[C@@H](COC(=O)CCCCCCCCCCCC(C)C)OC(=O)CCCCCCCCCCCCCCC(C)C)OC(=O)CCCCCCCCCCCC. The Morgan fingerprint density at radius 1 is 0.310 bits per heavy atom. The van der Waals surface area contributed by atoms with E-state index in [1.54, 1.807) is 0 Å². The number of aliphatic hydroxyl groups is 1. The summed E-state index contributed by atoms with van der Waals surface area (Å²) in [6.07, 6.45) is 44.3. The molecule has 3 N–H and O–H groups in total. The van der Waals surface area contributed by atoms with Crippen LogP contribution in [-0.4, -0.2) is 96.7 Å². The number of carbonyl (C=O) groups is 4. The summed E-state index contributed by atoms with van der Waals surface area (Å²) in [7, 11) is -9.89. The highest BCUT2D eigenvalue weighted by Gasteiger charge is 2.30. The molecule has 0 heterocycles. The first-order valence-electron chi connectivity index (χ1n) is 35.5. The van der Waals surface area contributed by atoms with E-state index in [1.807, 2.05) is 0 Å². The summed E-state index contributed by atoms with van der Waals surface area (Å²) in [5.41, 5.74) is 0. The van der Waals surface area contributed by atoms with Gasteiger partial charge in [-0.3, -0.25) is 37.3 Å². The van der Waals surface area contributed by atoms with Gasteiger partial charge in [-0.05, 0) is 37.5 Å². The van der Waals surface area contributed by atoms with E-state index in [-0.39, 0.29) is 25.7 Å². The number of carbonyl (C=O) groups excluding carboxylic acids is 4. The zero-order valence-electron chi connectivity index (χ0n) is 56.3. The van der Waals surface area contributed by atoms with Gasteiger partial charge in [-0.1, -0.05) is 292 Å². The Balaban J connectivity index is 5.24. The molecule has 0 fully saturated rings. The largest absolute Gasteiger partial charge is 0.472 e. The molecule has 5 atom stereocenters. The lowest BCUT2D eigenvalue weighted by Crippen LogP contribution is -2.30. The lowest BCUT2D eigenvalue weighted by molar-refractivity contribution is -0.161. The van der Waals surface area contributed by atoms with Crippen molar-refractivity contribution in [2.24, 2.45) is 11.8 Å². The molecule has 0 radical (unpaired) electrons. The molecule has 2 unspecified atom stereocenters. The van der Waals surface area contributed by atoms with Crippen molar-refractivity contribution >= 4 is 39.5 Å². The van der Waals surface area contributed by atoms with Crippen molar-refractivity contribution in [3.05, 3.63) is 0 Å². The molecule has 516 valence electrons. The van der Waals surface area contributed by atoms with Crippen LogP contribution >= 0.6 is 15.6 Å². The monoisotopic (exact) mass is 1280 g/mol. The highest BCUT2D eigenvalue weighted by Crippen LogP contribution is 2.45. The minimum absolute atomic E-state index is 0.106. The Labute approximate surface area is 530 Å². The number of esters is 4. The Kier molecular flexibility index (Phi) is 59.0. The third-order valence-electron chi connectivity index (χ3n) is 15.7. The van der Waals surface area contributed by atoms with Gasteiger partial charge in [0.2, 0.25) is 0 Å². The van der Waals surface area contributed by atoms with Gasteiger partial charge < -0.3 is 33.8 Å². The quantitative estimate of drug-likeness (QED) is 0.0222. The lowest BCUT2D eigenvalue weighted by Gasteiger charge is -2.21. The minimum Gasteiger partial charge on any atom is -0.462 e. The molecule has 0 amide bonds. The van der Waals surface area contributed by atoms with E-state index in [0.29, 0.717) is 25.7 Å². The summed E-state index contributed by atoms with van der Waals surface area (Å²) in [4.78, 5) is 72.4. The Bertz CT molecular complexity index is 1700. The second kappa shape index (κ2) is 60.3. The number of phosphoric ester groups is 2. The highest BCUT2D eigenvalue weighted by molar-refractivity contribution is 7.47. The fraction of sp³-hybridized carbons (Fsp3) is 0.941. The summed E-state index contributed by atoms with van der Waals surface area (Å²) in [6.45, 7) is 9.51. The molecule has 0 bridgehead atoms. The van der Waals surface area contributed by atoms with Gasteiger partial charge in [0.1, 0.15) is 19.3 Å². The molecular formula is C68H132O17P2. The van der Waals surface area contributed by atoms with E-state index in [9.17, 15) is 43.2 Å². The van der Waals surface area contributed by atoms with E-state index in [4.69, 9.17) is 37.0 Å². The van der Waals surface area contributed by atoms with Crippen LogP contribution in [0.1, 0.15) is 343 Å². The van der Waals surface area contributed by atoms with Crippen LogP contribution in [0.5, 0.6) is 0 Å². The van der Waals surface area contributed by atoms with Crippen LogP contribution in [0.25, 0.3) is 0 Å². The molecule has 87 heavy (non-hydrogen) atoms. The molecule has 0 aromatic carbocycles. The summed E-state index contributed by atoms with van der Waals surface area (Å²) in [6, 6.07) is 0. The van der Waals surface area contributed by atoms with Gasteiger partial charge in [0, 0.05) is 25.7 Å². The van der Waals surface area contributed by atoms with Crippen LogP contribution in [-0.2, 0) is 65.4 Å². The smallest absolute Gasteiger partial charge is 0.462 e. The predicted molar refractivity (Wildman–Crippen MR) is 349 cm³/mol. The Morgan fingerprint density at radius 2 is 0.529 bits per heavy atom. The summed E-state index contributed by atoms with van der Waals surface area (Å²) in [5.74, 6) is -0.606. The molecular weight excluding hydrogens is 1150 g/mol. The molecule has 0 rings (SSSR count). The third-order valence-corrected chi connectivity index (χ3v) is 17.6. The van der Waals surface area contributed by atoms with Crippen molar-refractivity contribution in [1.29, 1.82) is 0 Å². The number of hydrogen-bond donors (Lipinski definition) is 3. The highest BCUT2D eigenvalue weighted by atomic mass is 31.2. The number of rotatable bonds is 67. The maximum absolute atomic E-state index is 13.0. The fourth-order valence-electron chi connectivity index (χ4n) is 10.2. The molecule has 0 aliphatic carbocycles. The average Bonchev–Trinajstić information content (AvgIpc) is 3.60. The van der Waals surface area contributed by atoms with Gasteiger partial charge in [-0.25, -0.2) is 9.13 Å². The molecule has 0 aromatic rings. The molecule has 0 aliphatic rings. The van der Waals surface area contributed by atoms with Crippen LogP contribution in [0, 0.1) is 11.8 Å². The number of phosphoric acid groups is 2. The number of aliphatic hydroxyl groups excluding tert-OH is 1. The van der Waals surface area contributed by atoms with Crippen molar-refractivity contribution in [2.45, 2.75) is 362 Å². The molecule has 19 heteroatoms. The first kappa shape index (κ1) is 85.1. The van der Waals surface area contributed by atoms with Gasteiger partial charge in [0.05, 0.1) is 26.4 Å². The van der Waals surface area contributed by atoms with Crippen LogP contribution < -0.4 is 0 Å². The summed E-state index contributed by atoms with van der Waals surface area (Å²) in [5, 5.41) is 10.6. The second-order valence-corrected chi connectivity index (χ2v) is 28.4. The van der Waals surface area contributed by atoms with Crippen molar-refractivity contribution < 1.29 is 80.2 Å². The average molecular weight is 1280 g/mol. The van der Waals surface area contributed by atoms with E-state index in [0.717, 1.165) is 102 Å². The maximum Gasteiger partial charge on any atom is 0.472 e. The molecule has 0 aliphatic heterocycles. The van der Waals surface area contributed by atoms with Gasteiger partial charge in [0.25, 0.3) is 0 Å². The van der Waals surface area contributed by atoms with Crippen LogP contribution in [0.2, 0.25) is 0 Å². The van der Waals surface area contributed by atoms with E-state index >= 15 is 0 Å². The molecule has 0 saturated carbocycles. The molecule has 0 spiro atoms. The van der Waals surface area contributed by atoms with Gasteiger partial charge in [-0.15, -0.1) is 0 Å². The molecule has 0 saturated heterocycles. The van der Waals surface area contributed by atoms with Gasteiger partial charge >= 0.3 is 39.5 Å². The molecule has 17 nitrogen and oxygen atoms in total. The lowest BCUT2D eigenvalue weighted by atomic mass is 10.0. The zero-order valence-corrected chi connectivity index (χ0v) is 58.1.